The third-order valence-electron chi connectivity index (χ3n) is 6.17. The fourth-order valence-corrected chi connectivity index (χ4v) is 4.72. The number of ether oxygens (including phenoxy) is 1. The molecule has 0 amide bonds. The summed E-state index contributed by atoms with van der Waals surface area (Å²) in [6.07, 6.45) is 2.02. The van der Waals surface area contributed by atoms with Gasteiger partial charge in [0, 0.05) is 41.9 Å². The number of ketones is 1. The zero-order valence-corrected chi connectivity index (χ0v) is 19.0. The number of nitrogens with zero attached hydrogens (tertiary/aromatic N) is 3. The molecule has 0 saturated carbocycles. The van der Waals surface area contributed by atoms with Gasteiger partial charge in [0.25, 0.3) is 0 Å². The van der Waals surface area contributed by atoms with Gasteiger partial charge < -0.3 is 4.74 Å². The number of methoxy groups -OCH3 is 1. The van der Waals surface area contributed by atoms with Crippen LogP contribution in [0.3, 0.4) is 0 Å². The Labute approximate surface area is 175 Å². The highest BCUT2D eigenvalue weighted by molar-refractivity contribution is 5.98. The Morgan fingerprint density at radius 3 is 2.41 bits per heavy atom. The molecule has 1 atom stereocenters. The topological polar surface area (TPSA) is 47.4 Å². The van der Waals surface area contributed by atoms with Crippen LogP contribution >= 0.6 is 0 Å². The number of hydrogen-bond donors (Lipinski definition) is 0. The molecule has 0 radical (unpaired) electrons. The number of carbonyl (C=O) groups is 1. The summed E-state index contributed by atoms with van der Waals surface area (Å²) in [5, 5.41) is 4.72. The fourth-order valence-electron chi connectivity index (χ4n) is 4.72. The number of carbonyl (C=O) groups excluding carboxylic acids is 1. The Balaban J connectivity index is 1.75. The lowest BCUT2D eigenvalue weighted by Crippen LogP contribution is -2.38. The molecule has 1 aromatic carbocycles. The summed E-state index contributed by atoms with van der Waals surface area (Å²) >= 11 is 0. The molecule has 1 saturated heterocycles. The third kappa shape index (κ3) is 4.40. The molecule has 1 aromatic heterocycles. The number of piperidine rings is 1. The maximum absolute atomic E-state index is 13.2. The van der Waals surface area contributed by atoms with Crippen molar-refractivity contribution in [1.82, 2.24) is 14.7 Å². The summed E-state index contributed by atoms with van der Waals surface area (Å²) in [6, 6.07) is 4.32. The molecule has 5 nitrogen and oxygen atoms in total. The highest BCUT2D eigenvalue weighted by atomic mass is 16.5. The molecule has 0 bridgehead atoms. The first-order chi connectivity index (χ1) is 13.7. The lowest BCUT2D eigenvalue weighted by molar-refractivity contribution is 0.0811. The van der Waals surface area contributed by atoms with Gasteiger partial charge in [-0.25, -0.2) is 0 Å². The average molecular weight is 398 g/mol. The first kappa shape index (κ1) is 21.6. The van der Waals surface area contributed by atoms with Crippen molar-refractivity contribution in [3.8, 4) is 5.75 Å². The highest BCUT2D eigenvalue weighted by Gasteiger charge is 2.28. The maximum atomic E-state index is 13.2. The minimum absolute atomic E-state index is 0.0525. The van der Waals surface area contributed by atoms with Gasteiger partial charge in [-0.2, -0.15) is 5.10 Å². The van der Waals surface area contributed by atoms with Gasteiger partial charge in [-0.15, -0.1) is 0 Å². The van der Waals surface area contributed by atoms with Crippen molar-refractivity contribution in [3.05, 3.63) is 45.8 Å². The van der Waals surface area contributed by atoms with Crippen LogP contribution in [0.2, 0.25) is 0 Å². The molecule has 1 aliphatic heterocycles. The Bertz CT molecular complexity index is 875. The van der Waals surface area contributed by atoms with Gasteiger partial charge in [-0.05, 0) is 84.2 Å². The summed E-state index contributed by atoms with van der Waals surface area (Å²) in [6.45, 7) is 15.3. The second-order valence-corrected chi connectivity index (χ2v) is 8.77. The fraction of sp³-hybridized carbons (Fsp3) is 0.583. The van der Waals surface area contributed by atoms with Crippen molar-refractivity contribution in [2.75, 3.05) is 20.2 Å². The summed E-state index contributed by atoms with van der Waals surface area (Å²) in [4.78, 5) is 15.7. The van der Waals surface area contributed by atoms with Crippen LogP contribution in [0.4, 0.5) is 0 Å². The van der Waals surface area contributed by atoms with Crippen molar-refractivity contribution >= 4 is 5.78 Å². The molecule has 29 heavy (non-hydrogen) atoms. The lowest BCUT2D eigenvalue weighted by atomic mass is 9.88. The van der Waals surface area contributed by atoms with Gasteiger partial charge in [0.1, 0.15) is 5.75 Å². The molecule has 0 aliphatic carbocycles. The predicted octanol–water partition coefficient (Wildman–Crippen LogP) is 4.80. The molecule has 1 fully saturated rings. The molecule has 0 unspecified atom stereocenters. The van der Waals surface area contributed by atoms with E-state index in [9.17, 15) is 4.79 Å². The van der Waals surface area contributed by atoms with Gasteiger partial charge in [0.15, 0.2) is 5.78 Å². The Hall–Kier alpha value is -2.14. The average Bonchev–Trinajstić information content (AvgIpc) is 2.96. The minimum atomic E-state index is 0.0525. The number of aromatic nitrogens is 2. The number of Topliss-reactive ketones (excluding diaryl/α,β-unsaturated/α-hetero) is 1. The monoisotopic (exact) mass is 397 g/mol. The summed E-state index contributed by atoms with van der Waals surface area (Å²) in [5.74, 6) is 1.19. The Kier molecular flexibility index (Phi) is 6.47. The maximum Gasteiger partial charge on any atom is 0.167 e. The molecule has 158 valence electrons. The summed E-state index contributed by atoms with van der Waals surface area (Å²) < 4.78 is 7.56. The van der Waals surface area contributed by atoms with E-state index < -0.39 is 0 Å². The number of hydrogen-bond acceptors (Lipinski definition) is 4. The van der Waals surface area contributed by atoms with E-state index in [0.29, 0.717) is 6.04 Å². The molecule has 0 N–H and O–H groups in total. The van der Waals surface area contributed by atoms with Crippen molar-refractivity contribution in [2.45, 2.75) is 67.0 Å². The quantitative estimate of drug-likeness (QED) is 0.657. The Morgan fingerprint density at radius 2 is 1.86 bits per heavy atom. The Morgan fingerprint density at radius 1 is 1.21 bits per heavy atom. The molecule has 1 aliphatic rings. The zero-order valence-electron chi connectivity index (χ0n) is 19.0. The van der Waals surface area contributed by atoms with E-state index in [1.807, 2.05) is 26.0 Å². The highest BCUT2D eigenvalue weighted by Crippen LogP contribution is 2.29. The van der Waals surface area contributed by atoms with Crippen molar-refractivity contribution < 1.29 is 9.53 Å². The second-order valence-electron chi connectivity index (χ2n) is 8.77. The van der Waals surface area contributed by atoms with Crippen LogP contribution in [-0.2, 0) is 6.54 Å². The van der Waals surface area contributed by atoms with Gasteiger partial charge in [0.2, 0.25) is 0 Å². The number of aryl methyl sites for hydroxylation is 3. The molecular weight excluding hydrogens is 362 g/mol. The van der Waals surface area contributed by atoms with Crippen LogP contribution in [0, 0.1) is 33.6 Å². The van der Waals surface area contributed by atoms with E-state index in [0.717, 1.165) is 60.6 Å². The van der Waals surface area contributed by atoms with E-state index in [2.05, 4.69) is 37.3 Å². The third-order valence-corrected chi connectivity index (χ3v) is 6.17. The first-order valence-electron chi connectivity index (χ1n) is 10.7. The minimum Gasteiger partial charge on any atom is -0.496 e. The van der Waals surface area contributed by atoms with Gasteiger partial charge in [0.05, 0.1) is 12.8 Å². The smallest absolute Gasteiger partial charge is 0.167 e. The van der Waals surface area contributed by atoms with Crippen molar-refractivity contribution in [3.63, 3.8) is 0 Å². The largest absolute Gasteiger partial charge is 0.496 e. The normalized spacial score (nSPS) is 17.7. The van der Waals surface area contributed by atoms with Crippen LogP contribution in [0.1, 0.15) is 71.2 Å². The summed E-state index contributed by atoms with van der Waals surface area (Å²) in [7, 11) is 1.68. The first-order valence-corrected chi connectivity index (χ1v) is 10.7. The zero-order chi connectivity index (χ0) is 21.3. The van der Waals surface area contributed by atoms with E-state index in [1.54, 1.807) is 7.11 Å². The molecular formula is C24H35N3O2. The summed E-state index contributed by atoms with van der Waals surface area (Å²) in [5.41, 5.74) is 6.51. The number of rotatable bonds is 6. The van der Waals surface area contributed by atoms with Crippen LogP contribution in [0.15, 0.2) is 12.1 Å². The lowest BCUT2D eigenvalue weighted by Gasteiger charge is -2.32. The van der Waals surface area contributed by atoms with Crippen LogP contribution < -0.4 is 4.74 Å². The van der Waals surface area contributed by atoms with Crippen LogP contribution in [0.25, 0.3) is 0 Å². The predicted molar refractivity (Wildman–Crippen MR) is 117 cm³/mol. The van der Waals surface area contributed by atoms with Gasteiger partial charge >= 0.3 is 0 Å². The van der Waals surface area contributed by atoms with Crippen molar-refractivity contribution in [2.24, 2.45) is 5.92 Å². The van der Waals surface area contributed by atoms with Crippen LogP contribution in [0.5, 0.6) is 5.75 Å². The van der Waals surface area contributed by atoms with E-state index >= 15 is 0 Å². The van der Waals surface area contributed by atoms with Crippen molar-refractivity contribution in [1.29, 1.82) is 0 Å². The van der Waals surface area contributed by atoms with Crippen LogP contribution in [-0.4, -0.2) is 40.7 Å². The number of benzene rings is 1. The number of likely N-dealkylation sites (tertiary alicyclic amines) is 1. The van der Waals surface area contributed by atoms with E-state index in [1.165, 1.54) is 11.3 Å². The molecule has 0 spiro atoms. The molecule has 2 heterocycles. The second kappa shape index (κ2) is 8.70. The molecule has 2 aromatic rings. The van der Waals surface area contributed by atoms with Gasteiger partial charge in [-0.1, -0.05) is 0 Å². The van der Waals surface area contributed by atoms with E-state index in [4.69, 9.17) is 9.84 Å². The van der Waals surface area contributed by atoms with Gasteiger partial charge in [-0.3, -0.25) is 14.4 Å². The molecule has 3 rings (SSSR count). The SMILES string of the molecule is COc1c(C)cc(C(=O)[C@@H]2CCCN(Cc3c(C)nn(C(C)C)c3C)C2)cc1C. The molecule has 5 heteroatoms. The standard InChI is InChI=1S/C24H35N3O2/c1-15(2)27-19(6)22(18(5)25-27)14-26-10-8-9-20(13-26)23(28)21-11-16(3)24(29-7)17(4)12-21/h11-12,15,20H,8-10,13-14H2,1-7H3/t20-/m1/s1. The van der Waals surface area contributed by atoms with E-state index in [-0.39, 0.29) is 11.7 Å².